The largest absolute Gasteiger partial charge is 0.476 e. The quantitative estimate of drug-likeness (QED) is 0.715. The molecule has 0 radical (unpaired) electrons. The van der Waals surface area contributed by atoms with Crippen LogP contribution in [0.4, 0.5) is 0 Å². The molecule has 94 valence electrons. The normalized spacial score (nSPS) is 10.7. The smallest absolute Gasteiger partial charge is 0.358 e. The van der Waals surface area contributed by atoms with Gasteiger partial charge in [-0.25, -0.2) is 9.78 Å². The lowest BCUT2D eigenvalue weighted by Crippen LogP contribution is -2.04. The molecular weight excluding hydrogens is 250 g/mol. The maximum atomic E-state index is 11.1. The molecule has 2 N–H and O–H groups in total. The van der Waals surface area contributed by atoms with Gasteiger partial charge in [-0.05, 0) is 18.2 Å². The van der Waals surface area contributed by atoms with Crippen LogP contribution < -0.4 is 5.56 Å². The molecule has 7 heteroatoms. The number of hydrogen-bond acceptors (Lipinski definition) is 5. The van der Waals surface area contributed by atoms with Crippen LogP contribution in [0.1, 0.15) is 10.5 Å². The molecule has 0 aliphatic rings. The number of fused-ring (bicyclic) bond motifs is 1. The second kappa shape index (κ2) is 4.05. The fraction of sp³-hybridized carbons (Fsp3) is 0. The molecule has 0 bridgehead atoms. The van der Waals surface area contributed by atoms with Crippen LogP contribution >= 0.6 is 0 Å². The Balaban J connectivity index is 2.11. The second-order valence-corrected chi connectivity index (χ2v) is 3.86. The van der Waals surface area contributed by atoms with Crippen molar-refractivity contribution in [1.82, 2.24) is 15.1 Å². The predicted octanol–water partition coefficient (Wildman–Crippen LogP) is 1.28. The first kappa shape index (κ1) is 11.1. The number of H-pyrrole nitrogens is 1. The fourth-order valence-electron chi connectivity index (χ4n) is 1.70. The van der Waals surface area contributed by atoms with Crippen LogP contribution in [0.15, 0.2) is 39.8 Å². The Morgan fingerprint density at radius 1 is 1.32 bits per heavy atom. The summed E-state index contributed by atoms with van der Waals surface area (Å²) in [7, 11) is 0. The van der Waals surface area contributed by atoms with Gasteiger partial charge in [0.05, 0.1) is 17.2 Å². The van der Waals surface area contributed by atoms with Gasteiger partial charge in [0.25, 0.3) is 5.56 Å². The molecule has 2 heterocycles. The molecule has 0 fully saturated rings. The van der Waals surface area contributed by atoms with Gasteiger partial charge in [0.15, 0.2) is 11.5 Å². The number of aromatic nitrogens is 3. The molecule has 0 saturated heterocycles. The van der Waals surface area contributed by atoms with E-state index in [1.165, 1.54) is 12.3 Å². The van der Waals surface area contributed by atoms with E-state index in [9.17, 15) is 9.59 Å². The van der Waals surface area contributed by atoms with E-state index in [0.29, 0.717) is 22.4 Å². The predicted molar refractivity (Wildman–Crippen MR) is 64.8 cm³/mol. The number of nitrogens with one attached hydrogen (secondary N) is 1. The molecule has 2 aromatic heterocycles. The van der Waals surface area contributed by atoms with Crippen LogP contribution in [0.25, 0.3) is 22.4 Å². The third kappa shape index (κ3) is 1.97. The number of hydrogen-bond donors (Lipinski definition) is 2. The van der Waals surface area contributed by atoms with Crippen molar-refractivity contribution in [3.63, 3.8) is 0 Å². The van der Waals surface area contributed by atoms with E-state index >= 15 is 0 Å². The Kier molecular flexibility index (Phi) is 2.38. The number of benzene rings is 1. The van der Waals surface area contributed by atoms with Crippen molar-refractivity contribution in [2.75, 3.05) is 0 Å². The van der Waals surface area contributed by atoms with Gasteiger partial charge in [0, 0.05) is 11.6 Å². The number of nitrogens with zero attached hydrogens (tertiary/aromatic N) is 2. The van der Waals surface area contributed by atoms with Gasteiger partial charge in [-0.1, -0.05) is 5.16 Å². The highest BCUT2D eigenvalue weighted by atomic mass is 16.5. The standard InChI is InChI=1S/C12H7N3O4/c16-11-5-13-8-3-6(1-2-7(8)14-11)10-4-9(12(17)18)15-19-10/h1-5H,(H,14,16)(H,17,18). The molecular formula is C12H7N3O4. The minimum atomic E-state index is -1.15. The summed E-state index contributed by atoms with van der Waals surface area (Å²) in [5, 5.41) is 12.2. The monoisotopic (exact) mass is 257 g/mol. The lowest BCUT2D eigenvalue weighted by Gasteiger charge is -1.98. The molecule has 0 saturated carbocycles. The van der Waals surface area contributed by atoms with Crippen molar-refractivity contribution >= 4 is 17.0 Å². The van der Waals surface area contributed by atoms with E-state index < -0.39 is 5.97 Å². The van der Waals surface area contributed by atoms with Gasteiger partial charge >= 0.3 is 5.97 Å². The number of carboxylic acid groups (broad SMARTS) is 1. The highest BCUT2D eigenvalue weighted by molar-refractivity contribution is 5.87. The Hall–Kier alpha value is -2.96. The van der Waals surface area contributed by atoms with Gasteiger partial charge in [-0.2, -0.15) is 0 Å². The van der Waals surface area contributed by atoms with Gasteiger partial charge in [-0.15, -0.1) is 0 Å². The molecule has 0 amide bonds. The maximum Gasteiger partial charge on any atom is 0.358 e. The summed E-state index contributed by atoms with van der Waals surface area (Å²) in [6.07, 6.45) is 1.18. The van der Waals surface area contributed by atoms with Crippen LogP contribution in [0, 0.1) is 0 Å². The van der Waals surface area contributed by atoms with Crippen LogP contribution in [0.2, 0.25) is 0 Å². The van der Waals surface area contributed by atoms with Crippen molar-refractivity contribution in [3.8, 4) is 11.3 Å². The third-order valence-electron chi connectivity index (χ3n) is 2.59. The molecule has 0 atom stereocenters. The zero-order chi connectivity index (χ0) is 13.4. The lowest BCUT2D eigenvalue weighted by molar-refractivity contribution is 0.0686. The number of rotatable bonds is 2. The molecule has 0 unspecified atom stereocenters. The Morgan fingerprint density at radius 3 is 2.89 bits per heavy atom. The van der Waals surface area contributed by atoms with E-state index in [4.69, 9.17) is 9.63 Å². The van der Waals surface area contributed by atoms with Crippen molar-refractivity contribution < 1.29 is 14.4 Å². The molecule has 3 aromatic rings. The van der Waals surface area contributed by atoms with Gasteiger partial charge < -0.3 is 14.6 Å². The van der Waals surface area contributed by atoms with E-state index in [1.807, 2.05) is 0 Å². The summed E-state index contributed by atoms with van der Waals surface area (Å²) >= 11 is 0. The topological polar surface area (TPSA) is 109 Å². The first-order valence-corrected chi connectivity index (χ1v) is 5.33. The Bertz CT molecular complexity index is 834. The van der Waals surface area contributed by atoms with E-state index in [1.54, 1.807) is 18.2 Å². The summed E-state index contributed by atoms with van der Waals surface area (Å²) in [5.74, 6) is -0.828. The SMILES string of the molecule is O=C(O)c1cc(-c2ccc3[nH]c(=O)cnc3c2)on1. The van der Waals surface area contributed by atoms with E-state index in [2.05, 4.69) is 15.1 Å². The zero-order valence-corrected chi connectivity index (χ0v) is 9.45. The van der Waals surface area contributed by atoms with Crippen molar-refractivity contribution in [1.29, 1.82) is 0 Å². The summed E-state index contributed by atoms with van der Waals surface area (Å²) in [6, 6.07) is 6.36. The van der Waals surface area contributed by atoms with Crippen molar-refractivity contribution in [2.45, 2.75) is 0 Å². The number of aromatic carboxylic acids is 1. The molecule has 1 aromatic carbocycles. The molecule has 7 nitrogen and oxygen atoms in total. The molecule has 0 aliphatic carbocycles. The summed E-state index contributed by atoms with van der Waals surface area (Å²) in [4.78, 5) is 28.4. The zero-order valence-electron chi connectivity index (χ0n) is 9.45. The third-order valence-corrected chi connectivity index (χ3v) is 2.59. The van der Waals surface area contributed by atoms with E-state index in [0.717, 1.165) is 0 Å². The number of aromatic amines is 1. The van der Waals surface area contributed by atoms with Gasteiger partial charge in [0.1, 0.15) is 0 Å². The molecule has 0 spiro atoms. The van der Waals surface area contributed by atoms with Crippen LogP contribution in [-0.4, -0.2) is 26.2 Å². The van der Waals surface area contributed by atoms with Gasteiger partial charge in [-0.3, -0.25) is 4.79 Å². The minimum absolute atomic E-state index is 0.162. The number of carbonyl (C=O) groups is 1. The summed E-state index contributed by atoms with van der Waals surface area (Å²) in [6.45, 7) is 0. The fourth-order valence-corrected chi connectivity index (χ4v) is 1.70. The van der Waals surface area contributed by atoms with Crippen molar-refractivity contribution in [2.24, 2.45) is 0 Å². The van der Waals surface area contributed by atoms with E-state index in [-0.39, 0.29) is 11.3 Å². The highest BCUT2D eigenvalue weighted by Gasteiger charge is 2.12. The second-order valence-electron chi connectivity index (χ2n) is 3.86. The lowest BCUT2D eigenvalue weighted by atomic mass is 10.1. The minimum Gasteiger partial charge on any atom is -0.476 e. The first-order valence-electron chi connectivity index (χ1n) is 5.33. The summed E-state index contributed by atoms with van der Waals surface area (Å²) in [5.41, 5.74) is 1.35. The van der Waals surface area contributed by atoms with Crippen molar-refractivity contribution in [3.05, 3.63) is 46.5 Å². The number of carboxylic acids is 1. The molecule has 3 rings (SSSR count). The maximum absolute atomic E-state index is 11.1. The average Bonchev–Trinajstić information content (AvgIpc) is 2.88. The van der Waals surface area contributed by atoms with Crippen LogP contribution in [0.5, 0.6) is 0 Å². The van der Waals surface area contributed by atoms with Gasteiger partial charge in [0.2, 0.25) is 0 Å². The first-order chi connectivity index (χ1) is 9.13. The highest BCUT2D eigenvalue weighted by Crippen LogP contribution is 2.22. The molecule has 19 heavy (non-hydrogen) atoms. The average molecular weight is 257 g/mol. The Labute approximate surface area is 105 Å². The molecule has 0 aliphatic heterocycles. The summed E-state index contributed by atoms with van der Waals surface area (Å²) < 4.78 is 4.95. The van der Waals surface area contributed by atoms with Crippen LogP contribution in [-0.2, 0) is 0 Å². The van der Waals surface area contributed by atoms with Crippen LogP contribution in [0.3, 0.4) is 0 Å². The Morgan fingerprint density at radius 2 is 2.16 bits per heavy atom.